The molecule has 1 saturated carbocycles. The van der Waals surface area contributed by atoms with Gasteiger partial charge in [0.2, 0.25) is 5.91 Å². The third-order valence-electron chi connectivity index (χ3n) is 6.36. The lowest BCUT2D eigenvalue weighted by molar-refractivity contribution is -0.127. The standard InChI is InChI=1S/C20H30N4O/c1-14(24-10-9-15-5-2-3-6-17(15)13-24)11-21-20(25)18-8-4-7-16-12-22-23-19(16)18/h2-3,5-6,14,16,18-19,22-23H,4,7-13H2,1H3,(H,21,25). The maximum absolute atomic E-state index is 12.7. The van der Waals surface area contributed by atoms with Crippen LogP contribution in [0.5, 0.6) is 0 Å². The highest BCUT2D eigenvalue weighted by atomic mass is 16.2. The Balaban J connectivity index is 1.30. The van der Waals surface area contributed by atoms with Gasteiger partial charge in [-0.2, -0.15) is 0 Å². The number of nitrogens with zero attached hydrogens (tertiary/aromatic N) is 1. The number of hydrogen-bond acceptors (Lipinski definition) is 4. The highest BCUT2D eigenvalue weighted by molar-refractivity contribution is 5.79. The van der Waals surface area contributed by atoms with Gasteiger partial charge in [0.15, 0.2) is 0 Å². The molecule has 0 radical (unpaired) electrons. The summed E-state index contributed by atoms with van der Waals surface area (Å²) in [6.45, 7) is 6.04. The molecule has 4 atom stereocenters. The molecule has 1 aliphatic carbocycles. The molecule has 2 heterocycles. The summed E-state index contributed by atoms with van der Waals surface area (Å²) in [4.78, 5) is 15.2. The van der Waals surface area contributed by atoms with Crippen molar-refractivity contribution in [3.8, 4) is 0 Å². The molecule has 1 amide bonds. The third-order valence-corrected chi connectivity index (χ3v) is 6.36. The average molecular weight is 342 g/mol. The maximum atomic E-state index is 12.7. The lowest BCUT2D eigenvalue weighted by Crippen LogP contribution is -2.50. The molecule has 3 N–H and O–H groups in total. The van der Waals surface area contributed by atoms with E-state index in [-0.39, 0.29) is 11.8 Å². The molecule has 2 aliphatic heterocycles. The van der Waals surface area contributed by atoms with Gasteiger partial charge in [0, 0.05) is 38.3 Å². The van der Waals surface area contributed by atoms with Crippen molar-refractivity contribution in [3.05, 3.63) is 35.4 Å². The average Bonchev–Trinajstić information content (AvgIpc) is 3.14. The quantitative estimate of drug-likeness (QED) is 0.775. The lowest BCUT2D eigenvalue weighted by atomic mass is 9.77. The Labute approximate surface area is 150 Å². The number of carbonyl (C=O) groups excluding carboxylic acids is 1. The van der Waals surface area contributed by atoms with E-state index in [1.165, 1.54) is 24.0 Å². The van der Waals surface area contributed by atoms with Gasteiger partial charge in [-0.25, -0.2) is 0 Å². The minimum atomic E-state index is 0.114. The Morgan fingerprint density at radius 3 is 3.04 bits per heavy atom. The van der Waals surface area contributed by atoms with Crippen molar-refractivity contribution >= 4 is 5.91 Å². The van der Waals surface area contributed by atoms with Gasteiger partial charge >= 0.3 is 0 Å². The van der Waals surface area contributed by atoms with E-state index in [9.17, 15) is 4.79 Å². The first-order valence-electron chi connectivity index (χ1n) is 9.79. The number of hydrogen-bond donors (Lipinski definition) is 3. The Morgan fingerprint density at radius 2 is 2.16 bits per heavy atom. The van der Waals surface area contributed by atoms with Crippen molar-refractivity contribution in [1.29, 1.82) is 0 Å². The van der Waals surface area contributed by atoms with Crippen LogP contribution in [0.15, 0.2) is 24.3 Å². The van der Waals surface area contributed by atoms with E-state index in [1.54, 1.807) is 0 Å². The second kappa shape index (κ2) is 7.44. The number of carbonyl (C=O) groups is 1. The van der Waals surface area contributed by atoms with Gasteiger partial charge in [0.05, 0.1) is 5.92 Å². The largest absolute Gasteiger partial charge is 0.354 e. The molecular weight excluding hydrogens is 312 g/mol. The molecule has 3 aliphatic rings. The van der Waals surface area contributed by atoms with Crippen LogP contribution < -0.4 is 16.2 Å². The van der Waals surface area contributed by atoms with Gasteiger partial charge in [-0.3, -0.25) is 20.5 Å². The van der Waals surface area contributed by atoms with E-state index in [0.29, 0.717) is 18.0 Å². The molecule has 1 saturated heterocycles. The number of rotatable bonds is 4. The van der Waals surface area contributed by atoms with Crippen molar-refractivity contribution in [1.82, 2.24) is 21.1 Å². The fraction of sp³-hybridized carbons (Fsp3) is 0.650. The molecule has 0 bridgehead atoms. The Morgan fingerprint density at radius 1 is 1.32 bits per heavy atom. The highest BCUT2D eigenvalue weighted by Gasteiger charge is 2.40. The van der Waals surface area contributed by atoms with Gasteiger partial charge in [-0.1, -0.05) is 30.7 Å². The predicted molar refractivity (Wildman–Crippen MR) is 98.8 cm³/mol. The van der Waals surface area contributed by atoms with E-state index < -0.39 is 0 Å². The summed E-state index contributed by atoms with van der Waals surface area (Å²) in [6, 6.07) is 9.39. The van der Waals surface area contributed by atoms with Gasteiger partial charge in [0.1, 0.15) is 0 Å². The molecule has 5 heteroatoms. The molecule has 1 aromatic carbocycles. The molecule has 1 aromatic rings. The second-order valence-corrected chi connectivity index (χ2v) is 7.93. The van der Waals surface area contributed by atoms with E-state index >= 15 is 0 Å². The van der Waals surface area contributed by atoms with Gasteiger partial charge in [-0.15, -0.1) is 0 Å². The number of fused-ring (bicyclic) bond motifs is 2. The summed E-state index contributed by atoms with van der Waals surface area (Å²) in [6.07, 6.45) is 4.52. The Hall–Kier alpha value is -1.43. The van der Waals surface area contributed by atoms with Crippen LogP contribution in [-0.2, 0) is 17.8 Å². The lowest BCUT2D eigenvalue weighted by Gasteiger charge is -2.35. The van der Waals surface area contributed by atoms with Crippen molar-refractivity contribution in [2.75, 3.05) is 19.6 Å². The van der Waals surface area contributed by atoms with Crippen LogP contribution in [0.25, 0.3) is 0 Å². The summed E-state index contributed by atoms with van der Waals surface area (Å²) in [5.74, 6) is 0.957. The number of amides is 1. The fourth-order valence-electron chi connectivity index (χ4n) is 4.74. The van der Waals surface area contributed by atoms with Crippen molar-refractivity contribution in [2.24, 2.45) is 11.8 Å². The monoisotopic (exact) mass is 342 g/mol. The molecular formula is C20H30N4O. The predicted octanol–water partition coefficient (Wildman–Crippen LogP) is 1.44. The van der Waals surface area contributed by atoms with E-state index in [1.807, 2.05) is 0 Å². The molecule has 136 valence electrons. The topological polar surface area (TPSA) is 56.4 Å². The van der Waals surface area contributed by atoms with Gasteiger partial charge in [0.25, 0.3) is 0 Å². The first-order chi connectivity index (χ1) is 12.2. The number of nitrogens with one attached hydrogen (secondary N) is 3. The minimum Gasteiger partial charge on any atom is -0.354 e. The second-order valence-electron chi connectivity index (χ2n) is 7.93. The van der Waals surface area contributed by atoms with Crippen LogP contribution in [0, 0.1) is 11.8 Å². The zero-order valence-electron chi connectivity index (χ0n) is 15.1. The number of hydrazine groups is 1. The summed E-state index contributed by atoms with van der Waals surface area (Å²) in [7, 11) is 0. The van der Waals surface area contributed by atoms with Crippen molar-refractivity contribution in [3.63, 3.8) is 0 Å². The fourth-order valence-corrected chi connectivity index (χ4v) is 4.74. The van der Waals surface area contributed by atoms with Crippen LogP contribution in [0.2, 0.25) is 0 Å². The SMILES string of the molecule is CC(CNC(=O)C1CCCC2CNNC21)N1CCc2ccccc2C1. The van der Waals surface area contributed by atoms with Crippen LogP contribution in [0.4, 0.5) is 0 Å². The molecule has 5 nitrogen and oxygen atoms in total. The zero-order valence-corrected chi connectivity index (χ0v) is 15.1. The van der Waals surface area contributed by atoms with E-state index in [0.717, 1.165) is 39.0 Å². The van der Waals surface area contributed by atoms with Crippen molar-refractivity contribution < 1.29 is 4.79 Å². The van der Waals surface area contributed by atoms with Crippen LogP contribution in [0.1, 0.15) is 37.3 Å². The molecule has 0 aromatic heterocycles. The van der Waals surface area contributed by atoms with E-state index in [4.69, 9.17) is 0 Å². The Bertz CT molecular complexity index is 619. The zero-order chi connectivity index (χ0) is 17.2. The summed E-state index contributed by atoms with van der Waals surface area (Å²) < 4.78 is 0. The van der Waals surface area contributed by atoms with Crippen LogP contribution in [-0.4, -0.2) is 42.5 Å². The minimum absolute atomic E-state index is 0.114. The number of benzene rings is 1. The third kappa shape index (κ3) is 3.59. The maximum Gasteiger partial charge on any atom is 0.224 e. The van der Waals surface area contributed by atoms with Gasteiger partial charge in [-0.05, 0) is 43.2 Å². The van der Waals surface area contributed by atoms with Crippen molar-refractivity contribution in [2.45, 2.75) is 51.2 Å². The van der Waals surface area contributed by atoms with Crippen LogP contribution >= 0.6 is 0 Å². The molecule has 4 unspecified atom stereocenters. The van der Waals surface area contributed by atoms with Gasteiger partial charge < -0.3 is 5.32 Å². The summed E-state index contributed by atoms with van der Waals surface area (Å²) in [5, 5.41) is 3.24. The van der Waals surface area contributed by atoms with E-state index in [2.05, 4.69) is 52.3 Å². The molecule has 25 heavy (non-hydrogen) atoms. The molecule has 0 spiro atoms. The normalized spacial score (nSPS) is 30.4. The Kier molecular flexibility index (Phi) is 5.06. The summed E-state index contributed by atoms with van der Waals surface area (Å²) in [5.41, 5.74) is 9.48. The summed E-state index contributed by atoms with van der Waals surface area (Å²) >= 11 is 0. The van der Waals surface area contributed by atoms with Crippen LogP contribution in [0.3, 0.4) is 0 Å². The first-order valence-corrected chi connectivity index (χ1v) is 9.79. The first kappa shape index (κ1) is 17.0. The smallest absolute Gasteiger partial charge is 0.224 e. The highest BCUT2D eigenvalue weighted by Crippen LogP contribution is 2.31. The molecule has 4 rings (SSSR count). The molecule has 2 fully saturated rings.